The van der Waals surface area contributed by atoms with E-state index in [1.807, 2.05) is 85.0 Å². The van der Waals surface area contributed by atoms with Crippen LogP contribution in [0.3, 0.4) is 0 Å². The summed E-state index contributed by atoms with van der Waals surface area (Å²) in [7, 11) is -2.24. The Morgan fingerprint density at radius 2 is 0.891 bits per heavy atom. The third-order valence-corrected chi connectivity index (χ3v) is 15.2. The molecule has 2 nitrogen and oxygen atoms in total. The predicted molar refractivity (Wildman–Crippen MR) is 219 cm³/mol. The smallest absolute Gasteiger partial charge is 0.200 e. The highest BCUT2D eigenvalue weighted by Crippen LogP contribution is 2.58. The van der Waals surface area contributed by atoms with Crippen LogP contribution in [0.2, 0.25) is 0 Å². The fraction of sp³-hybridized carbons (Fsp3) is 0.0667. The van der Waals surface area contributed by atoms with Gasteiger partial charge in [-0.3, -0.25) is 0 Å². The largest absolute Gasteiger partial charge is 0.248 e. The lowest BCUT2D eigenvalue weighted by molar-refractivity contribution is 0.383. The van der Waals surface area contributed by atoms with Crippen molar-refractivity contribution in [3.05, 3.63) is 160 Å². The van der Waals surface area contributed by atoms with E-state index in [2.05, 4.69) is 24.3 Å². The van der Waals surface area contributed by atoms with E-state index in [9.17, 15) is 4.39 Å². The minimum absolute atomic E-state index is 0.531. The van der Waals surface area contributed by atoms with Crippen molar-refractivity contribution in [2.24, 2.45) is 0 Å². The van der Waals surface area contributed by atoms with E-state index in [0.29, 0.717) is 45.9 Å². The van der Waals surface area contributed by atoms with Crippen LogP contribution in [0.15, 0.2) is 97.1 Å². The van der Waals surface area contributed by atoms with Crippen LogP contribution in [0.25, 0.3) is 80.9 Å². The van der Waals surface area contributed by atoms with Gasteiger partial charge in [-0.2, -0.15) is 0 Å². The number of hydrogen-bond acceptors (Lipinski definition) is 4. The standard InChI is InChI=1S/C45H26F5N2PS2/c46-40-41(47)43(49)45(44(50)42(40)48)53-32-22-26-14-16-30(51-26)38(24-8-3-1-4-9-24)36-20-18-34(54-36)35-19-21-37(55-35)39(25-10-5-2-6-11-25)31-17-15-27(52-31)23-33(53)29-13-7-12-28(29)32/h1-6,8-11,14-23H,7,12-13H2. The van der Waals surface area contributed by atoms with E-state index in [-0.39, 0.29) is 0 Å². The molecule has 4 aromatic heterocycles. The molecule has 268 valence electrons. The molecular weight excluding hydrogens is 759 g/mol. The molecule has 6 heterocycles. The Balaban J connectivity index is 1.41. The van der Waals surface area contributed by atoms with Gasteiger partial charge in [-0.05, 0) is 102 Å². The molecule has 0 saturated heterocycles. The number of halogens is 5. The van der Waals surface area contributed by atoms with Crippen molar-refractivity contribution in [1.29, 1.82) is 0 Å². The fourth-order valence-electron chi connectivity index (χ4n) is 7.77. The second-order valence-electron chi connectivity index (χ2n) is 13.4. The maximum absolute atomic E-state index is 16.0. The van der Waals surface area contributed by atoms with Crippen LogP contribution in [0.4, 0.5) is 22.0 Å². The molecule has 0 atom stereocenters. The highest BCUT2D eigenvalue weighted by molar-refractivity contribution is 7.67. The van der Waals surface area contributed by atoms with Gasteiger partial charge in [0.25, 0.3) is 0 Å². The summed E-state index contributed by atoms with van der Waals surface area (Å²) in [6, 6.07) is 32.0. The first-order chi connectivity index (χ1) is 26.8. The third kappa shape index (κ3) is 5.64. The molecule has 10 rings (SSSR count). The number of nitrogens with zero attached hydrogens (tertiary/aromatic N) is 2. The SMILES string of the molecule is Fc1c(F)c(F)c(-p2c3cc4nc(c(-c5ccccc5)c5ccc(s5)c5ccc(s5)c(-c5ccccc5)c5nc(cc2c2c3CCC2)C=C5)C=C4)c(F)c1F. The van der Waals surface area contributed by atoms with Crippen LogP contribution < -0.4 is 0 Å². The van der Waals surface area contributed by atoms with Gasteiger partial charge in [0, 0.05) is 40.2 Å². The molecule has 0 amide bonds. The second-order valence-corrected chi connectivity index (χ2v) is 17.7. The zero-order chi connectivity index (χ0) is 37.4. The van der Waals surface area contributed by atoms with Crippen LogP contribution in [0.5, 0.6) is 0 Å². The lowest BCUT2D eigenvalue weighted by Crippen LogP contribution is -2.01. The van der Waals surface area contributed by atoms with Crippen molar-refractivity contribution in [2.75, 3.05) is 0 Å². The van der Waals surface area contributed by atoms with E-state index < -0.39 is 41.9 Å². The van der Waals surface area contributed by atoms with Gasteiger partial charge in [0.1, 0.15) is 0 Å². The van der Waals surface area contributed by atoms with Crippen molar-refractivity contribution in [1.82, 2.24) is 9.97 Å². The molecule has 0 unspecified atom stereocenters. The first kappa shape index (κ1) is 34.1. The number of hydrogen-bond donors (Lipinski definition) is 0. The summed E-state index contributed by atoms with van der Waals surface area (Å²) >= 11 is 3.33. The lowest BCUT2D eigenvalue weighted by atomic mass is 10.0. The molecule has 0 N–H and O–H groups in total. The average Bonchev–Trinajstić information content (AvgIpc) is 4.06. The first-order valence-corrected chi connectivity index (χ1v) is 20.6. The maximum atomic E-state index is 16.0. The van der Waals surface area contributed by atoms with E-state index in [4.69, 9.17) is 9.97 Å². The minimum atomic E-state index is -2.24. The normalized spacial score (nSPS) is 13.2. The number of benzene rings is 3. The van der Waals surface area contributed by atoms with E-state index in [1.54, 1.807) is 34.8 Å². The Hall–Kier alpha value is -5.47. The minimum Gasteiger partial charge on any atom is -0.248 e. The molecule has 3 aliphatic rings. The third-order valence-electron chi connectivity index (χ3n) is 10.2. The second kappa shape index (κ2) is 13.4. The van der Waals surface area contributed by atoms with E-state index >= 15 is 17.6 Å². The highest BCUT2D eigenvalue weighted by atomic mass is 32.1. The van der Waals surface area contributed by atoms with Crippen LogP contribution >= 0.6 is 30.2 Å². The van der Waals surface area contributed by atoms with Gasteiger partial charge < -0.3 is 0 Å². The Labute approximate surface area is 321 Å². The van der Waals surface area contributed by atoms with Gasteiger partial charge in [-0.1, -0.05) is 68.2 Å². The molecule has 10 bridgehead atoms. The zero-order valence-electron chi connectivity index (χ0n) is 28.7. The van der Waals surface area contributed by atoms with Gasteiger partial charge in [0.2, 0.25) is 5.82 Å². The van der Waals surface area contributed by atoms with Crippen molar-refractivity contribution in [3.8, 4) is 27.6 Å². The number of rotatable bonds is 3. The van der Waals surface area contributed by atoms with Crippen LogP contribution in [-0.2, 0) is 12.8 Å². The van der Waals surface area contributed by atoms with Gasteiger partial charge >= 0.3 is 0 Å². The quantitative estimate of drug-likeness (QED) is 0.101. The van der Waals surface area contributed by atoms with Gasteiger partial charge in [0.15, 0.2) is 23.3 Å². The predicted octanol–water partition coefficient (Wildman–Crippen LogP) is 14.3. The molecule has 0 spiro atoms. The van der Waals surface area contributed by atoms with Crippen molar-refractivity contribution in [3.63, 3.8) is 0 Å². The van der Waals surface area contributed by atoms with Crippen molar-refractivity contribution < 1.29 is 22.0 Å². The lowest BCUT2D eigenvalue weighted by Gasteiger charge is -2.10. The summed E-state index contributed by atoms with van der Waals surface area (Å²) in [6.07, 6.45) is 9.53. The maximum Gasteiger partial charge on any atom is 0.200 e. The molecule has 2 aliphatic heterocycles. The van der Waals surface area contributed by atoms with Crippen LogP contribution in [-0.4, -0.2) is 9.97 Å². The summed E-state index contributed by atoms with van der Waals surface area (Å²) < 4.78 is 80.6. The monoisotopic (exact) mass is 784 g/mol. The average molecular weight is 785 g/mol. The molecule has 10 heteroatoms. The van der Waals surface area contributed by atoms with Gasteiger partial charge in [-0.25, -0.2) is 31.9 Å². The number of fused-ring (bicyclic) bond motifs is 14. The number of aromatic nitrogens is 2. The van der Waals surface area contributed by atoms with E-state index in [1.165, 1.54) is 0 Å². The molecule has 7 aromatic rings. The molecule has 0 saturated carbocycles. The van der Waals surface area contributed by atoms with Crippen LogP contribution in [0.1, 0.15) is 40.3 Å². The molecule has 0 fully saturated rings. The first-order valence-electron chi connectivity index (χ1n) is 17.7. The summed E-state index contributed by atoms with van der Waals surface area (Å²) in [5.74, 6) is -9.71. The summed E-state index contributed by atoms with van der Waals surface area (Å²) in [5.41, 5.74) is 8.00. The fourth-order valence-corrected chi connectivity index (χ4v) is 12.9. The van der Waals surface area contributed by atoms with Crippen molar-refractivity contribution >= 4 is 83.5 Å². The Kier molecular flexibility index (Phi) is 8.28. The Bertz CT molecular complexity index is 2820. The van der Waals surface area contributed by atoms with Crippen LogP contribution in [0, 0.1) is 29.1 Å². The topological polar surface area (TPSA) is 25.8 Å². The summed E-state index contributed by atoms with van der Waals surface area (Å²) in [6.45, 7) is 0. The molecular formula is C45H26F5N2PS2. The molecule has 0 radical (unpaired) electrons. The molecule has 1 aliphatic carbocycles. The summed E-state index contributed by atoms with van der Waals surface area (Å²) in [4.78, 5) is 10.1. The zero-order valence-corrected chi connectivity index (χ0v) is 31.2. The number of aryl methyl sites for hydroxylation is 2. The van der Waals surface area contributed by atoms with Gasteiger partial charge in [0.05, 0.1) is 28.1 Å². The molecule has 55 heavy (non-hydrogen) atoms. The van der Waals surface area contributed by atoms with Crippen molar-refractivity contribution in [2.45, 2.75) is 19.3 Å². The Morgan fingerprint density at radius 3 is 1.35 bits per heavy atom. The van der Waals surface area contributed by atoms with Gasteiger partial charge in [-0.15, -0.1) is 22.7 Å². The Morgan fingerprint density at radius 1 is 0.473 bits per heavy atom. The summed E-state index contributed by atoms with van der Waals surface area (Å²) in [5, 5.41) is 0.259. The highest BCUT2D eigenvalue weighted by Gasteiger charge is 2.31. The molecule has 3 aromatic carbocycles. The number of thiophene rings is 2. The van der Waals surface area contributed by atoms with E-state index in [0.717, 1.165) is 58.6 Å².